The van der Waals surface area contributed by atoms with E-state index in [-0.39, 0.29) is 11.7 Å². The van der Waals surface area contributed by atoms with Gasteiger partial charge in [0.05, 0.1) is 11.3 Å². The third kappa shape index (κ3) is 3.59. The Labute approximate surface area is 175 Å². The molecular weight excluding hydrogens is 383 g/mol. The maximum atomic E-state index is 13.7. The SMILES string of the molecule is CN1CCN(CCCc2ccc3c(n2)CO/C3=C2\C(=O)Nc3ccc(F)cc32)CC1. The maximum Gasteiger partial charge on any atom is 0.260 e. The van der Waals surface area contributed by atoms with E-state index in [1.54, 1.807) is 6.07 Å². The van der Waals surface area contributed by atoms with Crippen LogP contribution >= 0.6 is 0 Å². The number of fused-ring (bicyclic) bond motifs is 2. The summed E-state index contributed by atoms with van der Waals surface area (Å²) < 4.78 is 19.6. The van der Waals surface area contributed by atoms with E-state index in [0.717, 1.165) is 62.5 Å². The number of aromatic nitrogens is 1. The Balaban J connectivity index is 1.32. The highest BCUT2D eigenvalue weighted by Crippen LogP contribution is 2.41. The van der Waals surface area contributed by atoms with Gasteiger partial charge < -0.3 is 19.9 Å². The number of aryl methyl sites for hydroxylation is 1. The van der Waals surface area contributed by atoms with Crippen molar-refractivity contribution >= 4 is 22.9 Å². The van der Waals surface area contributed by atoms with Crippen molar-refractivity contribution in [3.8, 4) is 0 Å². The van der Waals surface area contributed by atoms with Gasteiger partial charge in [0.2, 0.25) is 0 Å². The third-order valence-corrected chi connectivity index (χ3v) is 6.09. The number of pyridine rings is 1. The number of anilines is 1. The predicted molar refractivity (Wildman–Crippen MR) is 113 cm³/mol. The largest absolute Gasteiger partial charge is 0.486 e. The summed E-state index contributed by atoms with van der Waals surface area (Å²) in [6.07, 6.45) is 1.99. The lowest BCUT2D eigenvalue weighted by atomic mass is 10.0. The van der Waals surface area contributed by atoms with Crippen LogP contribution in [0, 0.1) is 5.82 Å². The molecule has 156 valence electrons. The molecule has 1 N–H and O–H groups in total. The number of benzene rings is 1. The van der Waals surface area contributed by atoms with Gasteiger partial charge in [-0.25, -0.2) is 4.39 Å². The van der Waals surface area contributed by atoms with Gasteiger partial charge in [0.1, 0.15) is 18.2 Å². The van der Waals surface area contributed by atoms with Crippen LogP contribution in [-0.2, 0) is 22.6 Å². The molecule has 3 aliphatic rings. The lowest BCUT2D eigenvalue weighted by Gasteiger charge is -2.32. The average Bonchev–Trinajstić information content (AvgIpc) is 3.28. The fourth-order valence-electron chi connectivity index (χ4n) is 4.35. The Morgan fingerprint density at radius 2 is 1.97 bits per heavy atom. The van der Waals surface area contributed by atoms with Crippen molar-refractivity contribution in [3.05, 3.63) is 58.7 Å². The number of amides is 1. The number of ether oxygens (including phenoxy) is 1. The number of carbonyl (C=O) groups excluding carboxylic acids is 1. The molecule has 0 spiro atoms. The van der Waals surface area contributed by atoms with Crippen LogP contribution in [0.2, 0.25) is 0 Å². The number of likely N-dealkylation sites (N-methyl/N-ethyl adjacent to an activating group) is 1. The number of carbonyl (C=O) groups is 1. The highest BCUT2D eigenvalue weighted by atomic mass is 19.1. The molecule has 1 amide bonds. The maximum absolute atomic E-state index is 13.7. The van der Waals surface area contributed by atoms with Crippen molar-refractivity contribution in [2.24, 2.45) is 0 Å². The summed E-state index contributed by atoms with van der Waals surface area (Å²) in [5, 5.41) is 2.78. The quantitative estimate of drug-likeness (QED) is 0.789. The van der Waals surface area contributed by atoms with Gasteiger partial charge in [0, 0.05) is 48.7 Å². The van der Waals surface area contributed by atoms with Crippen LogP contribution in [0.5, 0.6) is 0 Å². The van der Waals surface area contributed by atoms with Crippen LogP contribution in [0.15, 0.2) is 30.3 Å². The first kappa shape index (κ1) is 19.2. The number of nitrogens with one attached hydrogen (secondary N) is 1. The second-order valence-corrected chi connectivity index (χ2v) is 8.18. The number of hydrogen-bond donors (Lipinski definition) is 1. The zero-order valence-electron chi connectivity index (χ0n) is 17.1. The normalized spacial score (nSPS) is 21.3. The minimum atomic E-state index is -0.379. The van der Waals surface area contributed by atoms with Gasteiger partial charge in [0.25, 0.3) is 5.91 Å². The first-order chi connectivity index (χ1) is 14.6. The Bertz CT molecular complexity index is 1030. The average molecular weight is 408 g/mol. The summed E-state index contributed by atoms with van der Waals surface area (Å²) in [5.41, 5.74) is 4.23. The van der Waals surface area contributed by atoms with E-state index in [1.807, 2.05) is 12.1 Å². The van der Waals surface area contributed by atoms with Crippen molar-refractivity contribution in [1.82, 2.24) is 14.8 Å². The molecular formula is C23H25FN4O2. The third-order valence-electron chi connectivity index (χ3n) is 6.09. The smallest absolute Gasteiger partial charge is 0.260 e. The molecule has 1 saturated heterocycles. The zero-order valence-corrected chi connectivity index (χ0v) is 17.1. The summed E-state index contributed by atoms with van der Waals surface area (Å²) >= 11 is 0. The van der Waals surface area contributed by atoms with E-state index < -0.39 is 0 Å². The van der Waals surface area contributed by atoms with Gasteiger partial charge in [-0.05, 0) is 56.8 Å². The molecule has 3 aliphatic heterocycles. The number of piperazine rings is 1. The highest BCUT2D eigenvalue weighted by molar-refractivity contribution is 6.36. The first-order valence-corrected chi connectivity index (χ1v) is 10.5. The number of nitrogens with zero attached hydrogens (tertiary/aromatic N) is 3. The Hall–Kier alpha value is -2.77. The molecule has 0 radical (unpaired) electrons. The summed E-state index contributed by atoms with van der Waals surface area (Å²) in [6.45, 7) is 5.93. The second kappa shape index (κ2) is 7.81. The lowest BCUT2D eigenvalue weighted by Crippen LogP contribution is -2.44. The van der Waals surface area contributed by atoms with Crippen molar-refractivity contribution in [3.63, 3.8) is 0 Å². The van der Waals surface area contributed by atoms with E-state index >= 15 is 0 Å². The minimum absolute atomic E-state index is 0.269. The topological polar surface area (TPSA) is 57.7 Å². The van der Waals surface area contributed by atoms with Gasteiger partial charge in [0.15, 0.2) is 0 Å². The summed E-state index contributed by atoms with van der Waals surface area (Å²) in [7, 11) is 2.17. The van der Waals surface area contributed by atoms with Crippen molar-refractivity contribution in [1.29, 1.82) is 0 Å². The predicted octanol–water partition coefficient (Wildman–Crippen LogP) is 2.75. The van der Waals surface area contributed by atoms with Crippen molar-refractivity contribution in [2.75, 3.05) is 45.1 Å². The molecule has 30 heavy (non-hydrogen) atoms. The number of hydrogen-bond acceptors (Lipinski definition) is 5. The fraction of sp³-hybridized carbons (Fsp3) is 0.391. The van der Waals surface area contributed by atoms with Crippen LogP contribution in [0.3, 0.4) is 0 Å². The molecule has 5 rings (SSSR count). The van der Waals surface area contributed by atoms with Gasteiger partial charge in [-0.3, -0.25) is 9.78 Å². The van der Waals surface area contributed by atoms with Gasteiger partial charge in [-0.15, -0.1) is 0 Å². The second-order valence-electron chi connectivity index (χ2n) is 8.18. The molecule has 6 nitrogen and oxygen atoms in total. The molecule has 1 aromatic carbocycles. The molecule has 0 atom stereocenters. The lowest BCUT2D eigenvalue weighted by molar-refractivity contribution is -0.110. The van der Waals surface area contributed by atoms with Crippen LogP contribution in [0.1, 0.15) is 28.9 Å². The van der Waals surface area contributed by atoms with E-state index in [0.29, 0.717) is 29.2 Å². The monoisotopic (exact) mass is 408 g/mol. The molecule has 2 aromatic rings. The van der Waals surface area contributed by atoms with Crippen LogP contribution in [-0.4, -0.2) is 60.5 Å². The molecule has 0 aliphatic carbocycles. The molecule has 1 fully saturated rings. The Kier molecular flexibility index (Phi) is 5.00. The number of halogens is 1. The molecule has 4 heterocycles. The Morgan fingerprint density at radius 1 is 1.13 bits per heavy atom. The van der Waals surface area contributed by atoms with Gasteiger partial charge in [-0.2, -0.15) is 0 Å². The zero-order chi connectivity index (χ0) is 20.7. The van der Waals surface area contributed by atoms with Crippen LogP contribution in [0.25, 0.3) is 11.3 Å². The molecule has 0 bridgehead atoms. The standard InChI is InChI=1S/C23H25FN4O2/c1-27-9-11-28(12-10-27)8-2-3-16-5-6-17-20(25-16)14-30-22(17)21-18-13-15(24)4-7-19(18)26-23(21)29/h4-7,13H,2-3,8-12,14H2,1H3,(H,26,29)/b22-21-. The van der Waals surface area contributed by atoms with E-state index in [1.165, 1.54) is 12.1 Å². The van der Waals surface area contributed by atoms with Crippen LogP contribution < -0.4 is 5.32 Å². The molecule has 0 unspecified atom stereocenters. The molecule has 1 aromatic heterocycles. The van der Waals surface area contributed by atoms with Gasteiger partial charge in [-0.1, -0.05) is 0 Å². The molecule has 0 saturated carbocycles. The minimum Gasteiger partial charge on any atom is -0.486 e. The van der Waals surface area contributed by atoms with E-state index in [2.05, 4.69) is 22.2 Å². The van der Waals surface area contributed by atoms with Gasteiger partial charge >= 0.3 is 0 Å². The highest BCUT2D eigenvalue weighted by Gasteiger charge is 2.33. The first-order valence-electron chi connectivity index (χ1n) is 10.5. The Morgan fingerprint density at radius 3 is 2.80 bits per heavy atom. The summed E-state index contributed by atoms with van der Waals surface area (Å²) in [6, 6.07) is 8.28. The van der Waals surface area contributed by atoms with Crippen molar-refractivity contribution < 1.29 is 13.9 Å². The number of rotatable bonds is 4. The summed E-state index contributed by atoms with van der Waals surface area (Å²) in [5.74, 6) is -0.159. The fourth-order valence-corrected chi connectivity index (χ4v) is 4.35. The van der Waals surface area contributed by atoms with Crippen molar-refractivity contribution in [2.45, 2.75) is 19.4 Å². The molecule has 7 heteroatoms. The van der Waals surface area contributed by atoms with E-state index in [4.69, 9.17) is 9.72 Å². The summed E-state index contributed by atoms with van der Waals surface area (Å²) in [4.78, 5) is 22.2. The van der Waals surface area contributed by atoms with Crippen LogP contribution in [0.4, 0.5) is 10.1 Å². The van der Waals surface area contributed by atoms with E-state index in [9.17, 15) is 9.18 Å².